The van der Waals surface area contributed by atoms with E-state index in [9.17, 15) is 21.6 Å². The molecule has 1 heterocycles. The molecule has 0 aromatic heterocycles. The van der Waals surface area contributed by atoms with E-state index in [-0.39, 0.29) is 23.5 Å². The molecule has 1 saturated heterocycles. The second-order valence-electron chi connectivity index (χ2n) is 5.05. The number of alkyl halides is 3. The molecule has 2 rings (SSSR count). The second kappa shape index (κ2) is 5.37. The standard InChI is InChI=1S/C13H16F3NO2S/c1-17-12(10-6-7-20(18,19)8-10)9-2-4-11(5-3-9)13(14,15)16/h2-5,10,12,17H,6-8H2,1H3. The van der Waals surface area contributed by atoms with Crippen molar-refractivity contribution in [2.24, 2.45) is 5.92 Å². The summed E-state index contributed by atoms with van der Waals surface area (Å²) in [7, 11) is -1.32. The van der Waals surface area contributed by atoms with E-state index in [0.29, 0.717) is 12.0 Å². The fourth-order valence-corrected chi connectivity index (χ4v) is 4.48. The Kier molecular flexibility index (Phi) is 4.11. The SMILES string of the molecule is CNC(c1ccc(C(F)(F)F)cc1)C1CCS(=O)(=O)C1. The van der Waals surface area contributed by atoms with Crippen LogP contribution in [0, 0.1) is 5.92 Å². The summed E-state index contributed by atoms with van der Waals surface area (Å²) in [6.45, 7) is 0. The summed E-state index contributed by atoms with van der Waals surface area (Å²) in [6, 6.07) is 4.64. The number of hydrogen-bond donors (Lipinski definition) is 1. The fraction of sp³-hybridized carbons (Fsp3) is 0.538. The van der Waals surface area contributed by atoms with Crippen LogP contribution < -0.4 is 5.32 Å². The largest absolute Gasteiger partial charge is 0.416 e. The van der Waals surface area contributed by atoms with Gasteiger partial charge in [0, 0.05) is 6.04 Å². The molecule has 20 heavy (non-hydrogen) atoms. The normalized spacial score (nSPS) is 23.7. The number of nitrogens with one attached hydrogen (secondary N) is 1. The van der Waals surface area contributed by atoms with E-state index < -0.39 is 21.6 Å². The van der Waals surface area contributed by atoms with Gasteiger partial charge in [-0.3, -0.25) is 0 Å². The molecule has 1 aromatic rings. The third-order valence-corrected chi connectivity index (χ3v) is 5.44. The molecule has 3 nitrogen and oxygen atoms in total. The van der Waals surface area contributed by atoms with Gasteiger partial charge in [0.2, 0.25) is 0 Å². The van der Waals surface area contributed by atoms with Crippen molar-refractivity contribution in [2.75, 3.05) is 18.6 Å². The topological polar surface area (TPSA) is 46.2 Å². The minimum atomic E-state index is -4.36. The van der Waals surface area contributed by atoms with Gasteiger partial charge in [-0.2, -0.15) is 13.2 Å². The lowest BCUT2D eigenvalue weighted by molar-refractivity contribution is -0.137. The van der Waals surface area contributed by atoms with Gasteiger partial charge in [-0.05, 0) is 37.1 Å². The van der Waals surface area contributed by atoms with E-state index in [2.05, 4.69) is 5.32 Å². The highest BCUT2D eigenvalue weighted by Crippen LogP contribution is 2.34. The molecule has 1 aliphatic heterocycles. The van der Waals surface area contributed by atoms with Crippen molar-refractivity contribution in [3.63, 3.8) is 0 Å². The lowest BCUT2D eigenvalue weighted by Gasteiger charge is -2.23. The number of hydrogen-bond acceptors (Lipinski definition) is 3. The van der Waals surface area contributed by atoms with Crippen LogP contribution in [0.2, 0.25) is 0 Å². The fourth-order valence-electron chi connectivity index (χ4n) is 2.64. The lowest BCUT2D eigenvalue weighted by Crippen LogP contribution is -2.26. The predicted octanol–water partition coefficient (Wildman–Crippen LogP) is 2.40. The van der Waals surface area contributed by atoms with Crippen molar-refractivity contribution >= 4 is 9.84 Å². The van der Waals surface area contributed by atoms with E-state index in [1.165, 1.54) is 12.1 Å². The first-order valence-electron chi connectivity index (χ1n) is 6.28. The van der Waals surface area contributed by atoms with Gasteiger partial charge in [0.15, 0.2) is 9.84 Å². The first kappa shape index (κ1) is 15.3. The molecule has 0 aliphatic carbocycles. The minimum absolute atomic E-state index is 0.0829. The van der Waals surface area contributed by atoms with Crippen LogP contribution in [0.3, 0.4) is 0 Å². The van der Waals surface area contributed by atoms with Gasteiger partial charge < -0.3 is 5.32 Å². The van der Waals surface area contributed by atoms with Crippen LogP contribution in [0.4, 0.5) is 13.2 Å². The molecule has 7 heteroatoms. The summed E-state index contributed by atoms with van der Waals surface area (Å²) in [5, 5.41) is 3.01. The van der Waals surface area contributed by atoms with Crippen LogP contribution in [0.15, 0.2) is 24.3 Å². The zero-order valence-electron chi connectivity index (χ0n) is 10.9. The first-order chi connectivity index (χ1) is 9.23. The lowest BCUT2D eigenvalue weighted by atomic mass is 9.92. The molecular weight excluding hydrogens is 291 g/mol. The van der Waals surface area contributed by atoms with E-state index in [1.54, 1.807) is 7.05 Å². The molecule has 2 atom stereocenters. The molecular formula is C13H16F3NO2S. The van der Waals surface area contributed by atoms with Crippen LogP contribution in [-0.2, 0) is 16.0 Å². The molecule has 0 saturated carbocycles. The van der Waals surface area contributed by atoms with Crippen LogP contribution in [-0.4, -0.2) is 27.0 Å². The summed E-state index contributed by atoms with van der Waals surface area (Å²) in [5.74, 6) is 0.137. The van der Waals surface area contributed by atoms with Crippen LogP contribution in [0.1, 0.15) is 23.6 Å². The molecule has 1 fully saturated rings. The number of rotatable bonds is 3. The third kappa shape index (κ3) is 3.32. The van der Waals surface area contributed by atoms with E-state index in [4.69, 9.17) is 0 Å². The third-order valence-electron chi connectivity index (χ3n) is 3.65. The van der Waals surface area contributed by atoms with Crippen LogP contribution in [0.5, 0.6) is 0 Å². The van der Waals surface area contributed by atoms with Crippen molar-refractivity contribution < 1.29 is 21.6 Å². The monoisotopic (exact) mass is 307 g/mol. The van der Waals surface area contributed by atoms with Crippen molar-refractivity contribution in [3.8, 4) is 0 Å². The zero-order chi connectivity index (χ0) is 15.0. The van der Waals surface area contributed by atoms with Gasteiger partial charge in [-0.25, -0.2) is 8.42 Å². The molecule has 112 valence electrons. The van der Waals surface area contributed by atoms with Crippen LogP contribution in [0.25, 0.3) is 0 Å². The molecule has 1 N–H and O–H groups in total. The average molecular weight is 307 g/mol. The van der Waals surface area contributed by atoms with E-state index in [1.807, 2.05) is 0 Å². The summed E-state index contributed by atoms with van der Waals surface area (Å²) < 4.78 is 60.5. The molecule has 0 spiro atoms. The van der Waals surface area contributed by atoms with Crippen LogP contribution >= 0.6 is 0 Å². The molecule has 0 radical (unpaired) electrons. The maximum Gasteiger partial charge on any atom is 0.416 e. The number of sulfone groups is 1. The zero-order valence-corrected chi connectivity index (χ0v) is 11.8. The predicted molar refractivity (Wildman–Crippen MR) is 70.0 cm³/mol. The quantitative estimate of drug-likeness (QED) is 0.933. The van der Waals surface area contributed by atoms with Gasteiger partial charge in [0.25, 0.3) is 0 Å². The highest BCUT2D eigenvalue weighted by atomic mass is 32.2. The van der Waals surface area contributed by atoms with Gasteiger partial charge in [0.1, 0.15) is 0 Å². The maximum absolute atomic E-state index is 12.5. The molecule has 1 aliphatic rings. The van der Waals surface area contributed by atoms with Gasteiger partial charge >= 0.3 is 6.18 Å². The second-order valence-corrected chi connectivity index (χ2v) is 7.28. The summed E-state index contributed by atoms with van der Waals surface area (Å²) in [5.41, 5.74) is -0.0160. The molecule has 2 unspecified atom stereocenters. The Morgan fingerprint density at radius 3 is 2.25 bits per heavy atom. The molecule has 0 bridgehead atoms. The van der Waals surface area contributed by atoms with Crippen molar-refractivity contribution in [1.29, 1.82) is 0 Å². The van der Waals surface area contributed by atoms with E-state index >= 15 is 0 Å². The minimum Gasteiger partial charge on any atom is -0.313 e. The maximum atomic E-state index is 12.5. The Labute approximate surface area is 116 Å². The average Bonchev–Trinajstić information content (AvgIpc) is 2.70. The molecule has 1 aromatic carbocycles. The first-order valence-corrected chi connectivity index (χ1v) is 8.10. The smallest absolute Gasteiger partial charge is 0.313 e. The summed E-state index contributed by atoms with van der Waals surface area (Å²) in [6.07, 6.45) is -3.82. The Hall–Kier alpha value is -1.08. The summed E-state index contributed by atoms with van der Waals surface area (Å²) >= 11 is 0. The van der Waals surface area contributed by atoms with E-state index in [0.717, 1.165) is 12.1 Å². The molecule has 0 amide bonds. The Morgan fingerprint density at radius 2 is 1.85 bits per heavy atom. The van der Waals surface area contributed by atoms with Crippen molar-refractivity contribution in [2.45, 2.75) is 18.6 Å². The number of halogens is 3. The van der Waals surface area contributed by atoms with Gasteiger partial charge in [-0.15, -0.1) is 0 Å². The highest BCUT2D eigenvalue weighted by Gasteiger charge is 2.34. The van der Waals surface area contributed by atoms with Crippen molar-refractivity contribution in [1.82, 2.24) is 5.32 Å². The Bertz CT molecular complexity index is 566. The van der Waals surface area contributed by atoms with Gasteiger partial charge in [0.05, 0.1) is 17.1 Å². The van der Waals surface area contributed by atoms with Gasteiger partial charge in [-0.1, -0.05) is 12.1 Å². The Morgan fingerprint density at radius 1 is 1.25 bits per heavy atom. The highest BCUT2D eigenvalue weighted by molar-refractivity contribution is 7.91. The van der Waals surface area contributed by atoms with Crippen molar-refractivity contribution in [3.05, 3.63) is 35.4 Å². The number of benzene rings is 1. The summed E-state index contributed by atoms with van der Waals surface area (Å²) in [4.78, 5) is 0. The Balaban J connectivity index is 2.21.